The van der Waals surface area contributed by atoms with Gasteiger partial charge in [0.15, 0.2) is 0 Å². The van der Waals surface area contributed by atoms with Gasteiger partial charge in [0.05, 0.1) is 34.1 Å². The van der Waals surface area contributed by atoms with Gasteiger partial charge in [-0.05, 0) is 91.7 Å². The summed E-state index contributed by atoms with van der Waals surface area (Å²) in [6.45, 7) is 0. The third-order valence-electron chi connectivity index (χ3n) is 10.7. The van der Waals surface area contributed by atoms with Crippen LogP contribution in [-0.4, -0.2) is 9.97 Å². The Labute approximate surface area is 325 Å². The number of benzene rings is 8. The van der Waals surface area contributed by atoms with Gasteiger partial charge < -0.3 is 0 Å². The molecule has 10 aromatic rings. The Morgan fingerprint density at radius 1 is 0.321 bits per heavy atom. The van der Waals surface area contributed by atoms with E-state index in [1.165, 1.54) is 11.1 Å². The molecule has 0 saturated carbocycles. The first-order chi connectivity index (χ1) is 27.7. The second-order valence-electron chi connectivity index (χ2n) is 14.1. The van der Waals surface area contributed by atoms with Crippen molar-refractivity contribution in [2.45, 2.75) is 0 Å². The highest BCUT2D eigenvalue weighted by molar-refractivity contribution is 6.06. The second kappa shape index (κ2) is 14.0. The van der Waals surface area contributed by atoms with Gasteiger partial charge in [0.25, 0.3) is 0 Å². The SMILES string of the molecule is N#Cc1ccc(-c2ccccc2-c2cc(-c3ccc4ccc5ccc(-c6ccc(-c7ccccc7)cc6)nc5c4n3)c3ccccc3c2)c(-c2ccccc2)c1. The predicted molar refractivity (Wildman–Crippen MR) is 232 cm³/mol. The zero-order valence-corrected chi connectivity index (χ0v) is 30.4. The number of aromatic nitrogens is 2. The van der Waals surface area contributed by atoms with Crippen LogP contribution in [0, 0.1) is 11.3 Å². The number of fused-ring (bicyclic) bond motifs is 4. The van der Waals surface area contributed by atoms with Crippen molar-refractivity contribution < 1.29 is 0 Å². The quantitative estimate of drug-likeness (QED) is 0.161. The lowest BCUT2D eigenvalue weighted by atomic mass is 9.87. The van der Waals surface area contributed by atoms with Gasteiger partial charge in [0.2, 0.25) is 0 Å². The van der Waals surface area contributed by atoms with Crippen molar-refractivity contribution in [3.05, 3.63) is 206 Å². The number of hydrogen-bond acceptors (Lipinski definition) is 3. The molecule has 0 aliphatic carbocycles. The maximum absolute atomic E-state index is 9.82. The third kappa shape index (κ3) is 5.97. The predicted octanol–water partition coefficient (Wildman–Crippen LogP) is 13.8. The van der Waals surface area contributed by atoms with Crippen molar-refractivity contribution in [2.75, 3.05) is 0 Å². The van der Waals surface area contributed by atoms with E-state index in [0.29, 0.717) is 5.56 Å². The van der Waals surface area contributed by atoms with E-state index in [9.17, 15) is 5.26 Å². The summed E-state index contributed by atoms with van der Waals surface area (Å²) >= 11 is 0. The molecule has 0 N–H and O–H groups in total. The summed E-state index contributed by atoms with van der Waals surface area (Å²) in [6, 6.07) is 72.1. The van der Waals surface area contributed by atoms with Crippen molar-refractivity contribution >= 4 is 32.6 Å². The number of nitrogens with zero attached hydrogens (tertiary/aromatic N) is 3. The van der Waals surface area contributed by atoms with Crippen LogP contribution in [-0.2, 0) is 0 Å². The Kier molecular flexibility index (Phi) is 8.21. The van der Waals surface area contributed by atoms with Crippen LogP contribution in [0.25, 0.3) is 99.6 Å². The fraction of sp³-hybridized carbons (Fsp3) is 0. The van der Waals surface area contributed by atoms with Crippen molar-refractivity contribution in [3.63, 3.8) is 0 Å². The van der Waals surface area contributed by atoms with E-state index in [1.807, 2.05) is 36.4 Å². The number of hydrogen-bond donors (Lipinski definition) is 0. The largest absolute Gasteiger partial charge is 0.245 e. The molecule has 0 bridgehead atoms. The van der Waals surface area contributed by atoms with Crippen molar-refractivity contribution in [1.82, 2.24) is 9.97 Å². The molecular formula is C53H33N3. The molecule has 0 amide bonds. The Bertz CT molecular complexity index is 3120. The van der Waals surface area contributed by atoms with Gasteiger partial charge in [-0.1, -0.05) is 164 Å². The van der Waals surface area contributed by atoms with Crippen LogP contribution in [0.4, 0.5) is 0 Å². The van der Waals surface area contributed by atoms with Gasteiger partial charge in [-0.3, -0.25) is 0 Å². The monoisotopic (exact) mass is 711 g/mol. The van der Waals surface area contributed by atoms with E-state index in [4.69, 9.17) is 9.97 Å². The molecule has 0 spiro atoms. The van der Waals surface area contributed by atoms with Gasteiger partial charge >= 0.3 is 0 Å². The zero-order chi connectivity index (χ0) is 37.4. The molecule has 2 heterocycles. The van der Waals surface area contributed by atoms with Gasteiger partial charge in [0.1, 0.15) is 0 Å². The van der Waals surface area contributed by atoms with Crippen LogP contribution in [0.1, 0.15) is 5.56 Å². The molecule has 0 unspecified atom stereocenters. The molecule has 56 heavy (non-hydrogen) atoms. The summed E-state index contributed by atoms with van der Waals surface area (Å²) in [5.74, 6) is 0. The second-order valence-corrected chi connectivity index (χ2v) is 14.1. The van der Waals surface area contributed by atoms with Gasteiger partial charge in [-0.2, -0.15) is 5.26 Å². The Hall–Kier alpha value is -7.67. The lowest BCUT2D eigenvalue weighted by molar-refractivity contribution is 1.37. The molecule has 3 nitrogen and oxygen atoms in total. The lowest BCUT2D eigenvalue weighted by Crippen LogP contribution is -1.93. The van der Waals surface area contributed by atoms with E-state index in [2.05, 4.69) is 170 Å². The van der Waals surface area contributed by atoms with Crippen LogP contribution in [0.3, 0.4) is 0 Å². The molecule has 8 aromatic carbocycles. The first-order valence-corrected chi connectivity index (χ1v) is 18.8. The van der Waals surface area contributed by atoms with E-state index in [0.717, 1.165) is 88.5 Å². The summed E-state index contributed by atoms with van der Waals surface area (Å²) in [5, 5.41) is 14.2. The van der Waals surface area contributed by atoms with E-state index >= 15 is 0 Å². The maximum Gasteiger partial charge on any atom is 0.0991 e. The number of rotatable bonds is 6. The Morgan fingerprint density at radius 2 is 0.875 bits per heavy atom. The van der Waals surface area contributed by atoms with Crippen LogP contribution >= 0.6 is 0 Å². The van der Waals surface area contributed by atoms with Crippen molar-refractivity contribution in [2.24, 2.45) is 0 Å². The average molecular weight is 712 g/mol. The molecule has 2 aromatic heterocycles. The molecular weight excluding hydrogens is 679 g/mol. The minimum Gasteiger partial charge on any atom is -0.245 e. The topological polar surface area (TPSA) is 49.6 Å². The Morgan fingerprint density at radius 3 is 1.61 bits per heavy atom. The van der Waals surface area contributed by atoms with Crippen molar-refractivity contribution in [1.29, 1.82) is 5.26 Å². The molecule has 0 aliphatic rings. The van der Waals surface area contributed by atoms with E-state index < -0.39 is 0 Å². The fourth-order valence-electron chi connectivity index (χ4n) is 7.90. The van der Waals surface area contributed by atoms with Gasteiger partial charge in [0, 0.05) is 21.9 Å². The van der Waals surface area contributed by atoms with Crippen LogP contribution in [0.2, 0.25) is 0 Å². The molecule has 10 rings (SSSR count). The summed E-state index contributed by atoms with van der Waals surface area (Å²) < 4.78 is 0. The molecule has 0 aliphatic heterocycles. The Balaban J connectivity index is 1.12. The minimum absolute atomic E-state index is 0.635. The normalized spacial score (nSPS) is 11.2. The fourth-order valence-corrected chi connectivity index (χ4v) is 7.90. The van der Waals surface area contributed by atoms with Crippen LogP contribution in [0.15, 0.2) is 200 Å². The van der Waals surface area contributed by atoms with Crippen LogP contribution in [0.5, 0.6) is 0 Å². The minimum atomic E-state index is 0.635. The summed E-state index contributed by atoms with van der Waals surface area (Å²) in [7, 11) is 0. The first kappa shape index (κ1) is 32.9. The maximum atomic E-state index is 9.82. The molecule has 0 fully saturated rings. The van der Waals surface area contributed by atoms with E-state index in [-0.39, 0.29) is 0 Å². The van der Waals surface area contributed by atoms with Gasteiger partial charge in [-0.15, -0.1) is 0 Å². The highest BCUT2D eigenvalue weighted by Gasteiger charge is 2.17. The van der Waals surface area contributed by atoms with Gasteiger partial charge in [-0.25, -0.2) is 9.97 Å². The molecule has 260 valence electrons. The molecule has 0 atom stereocenters. The molecule has 0 saturated heterocycles. The first-order valence-electron chi connectivity index (χ1n) is 18.8. The highest BCUT2D eigenvalue weighted by Crippen LogP contribution is 2.42. The summed E-state index contributed by atoms with van der Waals surface area (Å²) in [6.07, 6.45) is 0. The van der Waals surface area contributed by atoms with E-state index in [1.54, 1.807) is 0 Å². The lowest BCUT2D eigenvalue weighted by Gasteiger charge is -2.17. The average Bonchev–Trinajstić information content (AvgIpc) is 3.28. The third-order valence-corrected chi connectivity index (χ3v) is 10.7. The molecule has 0 radical (unpaired) electrons. The highest BCUT2D eigenvalue weighted by atomic mass is 14.8. The number of nitriles is 1. The smallest absolute Gasteiger partial charge is 0.0991 e. The number of pyridine rings is 2. The standard InChI is InChI=1S/C53H33N3/c54-34-35-19-28-47(48(31-35)38-13-5-2-6-14-38)46-18-10-9-17-45(46)43-32-42-15-7-8-16-44(42)49(33-43)51-30-27-41-25-24-40-26-29-50(55-52(40)53(41)56-51)39-22-20-37(21-23-39)36-11-3-1-4-12-36/h1-33H. The summed E-state index contributed by atoms with van der Waals surface area (Å²) in [4.78, 5) is 10.7. The zero-order valence-electron chi connectivity index (χ0n) is 30.4. The molecule has 3 heteroatoms. The van der Waals surface area contributed by atoms with Crippen LogP contribution < -0.4 is 0 Å². The summed E-state index contributed by atoms with van der Waals surface area (Å²) in [5.41, 5.74) is 15.2. The van der Waals surface area contributed by atoms with Crippen molar-refractivity contribution in [3.8, 4) is 73.1 Å².